The highest BCUT2D eigenvalue weighted by molar-refractivity contribution is 5.91. The molecule has 0 fully saturated rings. The lowest BCUT2D eigenvalue weighted by Gasteiger charge is -2.05. The first-order valence-corrected chi connectivity index (χ1v) is 6.09. The number of unbranched alkanes of at least 4 members (excludes halogenated alkanes) is 2. The normalized spacial score (nSPS) is 10.1. The van der Waals surface area contributed by atoms with E-state index < -0.39 is 4.92 Å². The van der Waals surface area contributed by atoms with Gasteiger partial charge in [0.25, 0.3) is 5.69 Å². The molecule has 1 aromatic rings. The van der Waals surface area contributed by atoms with E-state index in [4.69, 9.17) is 0 Å². The number of benzene rings is 1. The molecule has 5 nitrogen and oxygen atoms in total. The molecular formula is C13H18N2O3. The summed E-state index contributed by atoms with van der Waals surface area (Å²) in [4.78, 5) is 21.9. The SMILES string of the molecule is CCCCCC(=O)Nc1ccc(C)c([N+](=O)[O-])c1. The van der Waals surface area contributed by atoms with Gasteiger partial charge >= 0.3 is 0 Å². The predicted octanol–water partition coefficient (Wildman–Crippen LogP) is 3.42. The third-order valence-electron chi connectivity index (χ3n) is 2.70. The molecule has 1 aromatic carbocycles. The van der Waals surface area contributed by atoms with Crippen LogP contribution in [-0.4, -0.2) is 10.8 Å². The van der Waals surface area contributed by atoms with Crippen LogP contribution in [0.25, 0.3) is 0 Å². The minimum atomic E-state index is -0.442. The molecule has 0 spiro atoms. The van der Waals surface area contributed by atoms with Crippen molar-refractivity contribution < 1.29 is 9.72 Å². The Morgan fingerprint density at radius 1 is 1.39 bits per heavy atom. The lowest BCUT2D eigenvalue weighted by atomic mass is 10.1. The largest absolute Gasteiger partial charge is 0.326 e. The van der Waals surface area contributed by atoms with Gasteiger partial charge in [0.1, 0.15) is 0 Å². The van der Waals surface area contributed by atoms with Gasteiger partial charge < -0.3 is 5.32 Å². The van der Waals surface area contributed by atoms with E-state index in [2.05, 4.69) is 12.2 Å². The number of hydrogen-bond acceptors (Lipinski definition) is 3. The van der Waals surface area contributed by atoms with Gasteiger partial charge in [-0.05, 0) is 19.4 Å². The van der Waals surface area contributed by atoms with E-state index in [1.807, 2.05) is 0 Å². The number of nitro groups is 1. The summed E-state index contributed by atoms with van der Waals surface area (Å²) in [6.07, 6.45) is 3.37. The van der Waals surface area contributed by atoms with Crippen LogP contribution >= 0.6 is 0 Å². The highest BCUT2D eigenvalue weighted by atomic mass is 16.6. The second kappa shape index (κ2) is 6.74. The zero-order valence-corrected chi connectivity index (χ0v) is 10.7. The monoisotopic (exact) mass is 250 g/mol. The number of hydrogen-bond donors (Lipinski definition) is 1. The van der Waals surface area contributed by atoms with Crippen molar-refractivity contribution in [2.24, 2.45) is 0 Å². The standard InChI is InChI=1S/C13H18N2O3/c1-3-4-5-6-13(16)14-11-8-7-10(2)12(9-11)15(17)18/h7-9H,3-6H2,1-2H3,(H,14,16). The topological polar surface area (TPSA) is 72.2 Å². The van der Waals surface area contributed by atoms with Gasteiger partial charge in [-0.15, -0.1) is 0 Å². The maximum Gasteiger partial charge on any atom is 0.274 e. The molecule has 0 aliphatic carbocycles. The molecule has 0 aromatic heterocycles. The van der Waals surface area contributed by atoms with Crippen LogP contribution in [0.15, 0.2) is 18.2 Å². The van der Waals surface area contributed by atoms with Gasteiger partial charge in [0.15, 0.2) is 0 Å². The van der Waals surface area contributed by atoms with Crippen molar-refractivity contribution in [3.05, 3.63) is 33.9 Å². The van der Waals surface area contributed by atoms with Gasteiger partial charge in [-0.3, -0.25) is 14.9 Å². The van der Waals surface area contributed by atoms with Gasteiger partial charge in [-0.25, -0.2) is 0 Å². The molecule has 0 radical (unpaired) electrons. The molecule has 18 heavy (non-hydrogen) atoms. The van der Waals surface area contributed by atoms with E-state index >= 15 is 0 Å². The molecule has 98 valence electrons. The molecule has 1 N–H and O–H groups in total. The Kier molecular flexibility index (Phi) is 5.30. The van der Waals surface area contributed by atoms with Crippen LogP contribution in [0.3, 0.4) is 0 Å². The molecule has 0 aliphatic heterocycles. The van der Waals surface area contributed by atoms with E-state index in [0.29, 0.717) is 17.7 Å². The summed E-state index contributed by atoms with van der Waals surface area (Å²) in [7, 11) is 0. The fourth-order valence-corrected chi connectivity index (χ4v) is 1.64. The van der Waals surface area contributed by atoms with Gasteiger partial charge in [0.2, 0.25) is 5.91 Å². The molecule has 1 rings (SSSR count). The smallest absolute Gasteiger partial charge is 0.274 e. The second-order valence-electron chi connectivity index (χ2n) is 4.26. The van der Waals surface area contributed by atoms with Crippen LogP contribution in [0.5, 0.6) is 0 Å². The number of rotatable bonds is 6. The number of nitrogens with zero attached hydrogens (tertiary/aromatic N) is 1. The van der Waals surface area contributed by atoms with Crippen molar-refractivity contribution in [3.8, 4) is 0 Å². The molecule has 0 bridgehead atoms. The summed E-state index contributed by atoms with van der Waals surface area (Å²) >= 11 is 0. The van der Waals surface area contributed by atoms with Crippen molar-refractivity contribution in [1.29, 1.82) is 0 Å². The summed E-state index contributed by atoms with van der Waals surface area (Å²) in [5.74, 6) is -0.0957. The number of aryl methyl sites for hydroxylation is 1. The molecule has 1 amide bonds. The Bertz CT molecular complexity index is 444. The van der Waals surface area contributed by atoms with Gasteiger partial charge in [-0.2, -0.15) is 0 Å². The summed E-state index contributed by atoms with van der Waals surface area (Å²) in [6.45, 7) is 3.74. The van der Waals surface area contributed by atoms with E-state index in [9.17, 15) is 14.9 Å². The highest BCUT2D eigenvalue weighted by Crippen LogP contribution is 2.22. The zero-order valence-electron chi connectivity index (χ0n) is 10.7. The maximum atomic E-state index is 11.6. The number of carbonyl (C=O) groups excluding carboxylic acids is 1. The fourth-order valence-electron chi connectivity index (χ4n) is 1.64. The molecule has 0 aliphatic rings. The van der Waals surface area contributed by atoms with Crippen molar-refractivity contribution in [2.75, 3.05) is 5.32 Å². The van der Waals surface area contributed by atoms with Crippen molar-refractivity contribution in [1.82, 2.24) is 0 Å². The third-order valence-corrected chi connectivity index (χ3v) is 2.70. The number of amides is 1. The summed E-state index contributed by atoms with van der Waals surface area (Å²) in [5.41, 5.74) is 1.10. The Balaban J connectivity index is 2.65. The van der Waals surface area contributed by atoms with Crippen LogP contribution in [0.2, 0.25) is 0 Å². The molecule has 0 saturated carbocycles. The first-order valence-electron chi connectivity index (χ1n) is 6.09. The Hall–Kier alpha value is -1.91. The fraction of sp³-hybridized carbons (Fsp3) is 0.462. The number of anilines is 1. The Morgan fingerprint density at radius 2 is 2.11 bits per heavy atom. The van der Waals surface area contributed by atoms with E-state index in [1.54, 1.807) is 19.1 Å². The van der Waals surface area contributed by atoms with E-state index in [1.165, 1.54) is 6.07 Å². The third kappa shape index (κ3) is 4.16. The van der Waals surface area contributed by atoms with Crippen LogP contribution in [0, 0.1) is 17.0 Å². The van der Waals surface area contributed by atoms with Gasteiger partial charge in [-0.1, -0.05) is 25.8 Å². The van der Waals surface area contributed by atoms with Crippen LogP contribution in [-0.2, 0) is 4.79 Å². The maximum absolute atomic E-state index is 11.6. The minimum Gasteiger partial charge on any atom is -0.326 e. The van der Waals surface area contributed by atoms with Gasteiger partial charge in [0, 0.05) is 23.7 Å². The zero-order chi connectivity index (χ0) is 13.5. The van der Waals surface area contributed by atoms with E-state index in [-0.39, 0.29) is 11.6 Å². The molecule has 0 heterocycles. The number of carbonyl (C=O) groups is 1. The lowest BCUT2D eigenvalue weighted by molar-refractivity contribution is -0.385. The average molecular weight is 250 g/mol. The average Bonchev–Trinajstić information content (AvgIpc) is 2.31. The molecule has 0 unspecified atom stereocenters. The molecule has 5 heteroatoms. The molecular weight excluding hydrogens is 232 g/mol. The van der Waals surface area contributed by atoms with Crippen LogP contribution < -0.4 is 5.32 Å². The number of nitrogens with one attached hydrogen (secondary N) is 1. The first-order chi connectivity index (χ1) is 8.54. The summed E-state index contributed by atoms with van der Waals surface area (Å²) < 4.78 is 0. The lowest BCUT2D eigenvalue weighted by Crippen LogP contribution is -2.11. The van der Waals surface area contributed by atoms with Gasteiger partial charge in [0.05, 0.1) is 4.92 Å². The van der Waals surface area contributed by atoms with Crippen LogP contribution in [0.1, 0.15) is 38.2 Å². The van der Waals surface area contributed by atoms with Crippen LogP contribution in [0.4, 0.5) is 11.4 Å². The summed E-state index contributed by atoms with van der Waals surface area (Å²) in [5, 5.41) is 13.4. The number of nitro benzene ring substituents is 1. The highest BCUT2D eigenvalue weighted by Gasteiger charge is 2.12. The Labute approximate surface area is 106 Å². The predicted molar refractivity (Wildman–Crippen MR) is 70.6 cm³/mol. The Morgan fingerprint density at radius 3 is 2.72 bits per heavy atom. The molecule has 0 saturated heterocycles. The van der Waals surface area contributed by atoms with Crippen molar-refractivity contribution in [2.45, 2.75) is 39.5 Å². The second-order valence-corrected chi connectivity index (χ2v) is 4.26. The van der Waals surface area contributed by atoms with Crippen molar-refractivity contribution >= 4 is 17.3 Å². The van der Waals surface area contributed by atoms with Crippen molar-refractivity contribution in [3.63, 3.8) is 0 Å². The summed E-state index contributed by atoms with van der Waals surface area (Å²) in [6, 6.07) is 4.72. The first kappa shape index (κ1) is 14.2. The quantitative estimate of drug-likeness (QED) is 0.477. The molecule has 0 atom stereocenters. The van der Waals surface area contributed by atoms with E-state index in [0.717, 1.165) is 19.3 Å². The minimum absolute atomic E-state index is 0.0290.